The SMILES string of the molecule is CC(N)CCC(=O)NCC(C)(C)c1ccc(Cl)cc1.Cl. The quantitative estimate of drug-likeness (QED) is 0.845. The first kappa shape index (κ1) is 19.2. The van der Waals surface area contributed by atoms with Crippen molar-refractivity contribution >= 4 is 29.9 Å². The van der Waals surface area contributed by atoms with E-state index in [1.807, 2.05) is 31.2 Å². The molecule has 1 aromatic rings. The van der Waals surface area contributed by atoms with Crippen LogP contribution < -0.4 is 11.1 Å². The summed E-state index contributed by atoms with van der Waals surface area (Å²) < 4.78 is 0. The molecule has 1 amide bonds. The van der Waals surface area contributed by atoms with E-state index in [1.165, 1.54) is 0 Å². The Kier molecular flexibility index (Phi) is 8.17. The lowest BCUT2D eigenvalue weighted by Crippen LogP contribution is -2.37. The Morgan fingerprint density at radius 1 is 1.35 bits per heavy atom. The second kappa shape index (κ2) is 8.50. The lowest BCUT2D eigenvalue weighted by Gasteiger charge is -2.25. The van der Waals surface area contributed by atoms with E-state index in [9.17, 15) is 4.79 Å². The molecule has 0 aliphatic rings. The van der Waals surface area contributed by atoms with E-state index >= 15 is 0 Å². The van der Waals surface area contributed by atoms with Gasteiger partial charge in [-0.05, 0) is 31.0 Å². The summed E-state index contributed by atoms with van der Waals surface area (Å²) in [5.74, 6) is 0.0549. The Morgan fingerprint density at radius 3 is 2.40 bits per heavy atom. The van der Waals surface area contributed by atoms with Crippen LogP contribution >= 0.6 is 24.0 Å². The Morgan fingerprint density at radius 2 is 1.90 bits per heavy atom. The number of hydrogen-bond acceptors (Lipinski definition) is 2. The molecule has 3 N–H and O–H groups in total. The van der Waals surface area contributed by atoms with Crippen molar-refractivity contribution in [3.05, 3.63) is 34.9 Å². The fraction of sp³-hybridized carbons (Fsp3) is 0.533. The third kappa shape index (κ3) is 6.60. The van der Waals surface area contributed by atoms with Gasteiger partial charge in [0.2, 0.25) is 5.91 Å². The standard InChI is InChI=1S/C15H23ClN2O.ClH/c1-11(17)4-9-14(19)18-10-15(2,3)12-5-7-13(16)8-6-12;/h5-8,11H,4,9-10,17H2,1-3H3,(H,18,19);1H. The van der Waals surface area contributed by atoms with Crippen molar-refractivity contribution in [2.45, 2.75) is 45.1 Å². The number of benzene rings is 1. The van der Waals surface area contributed by atoms with Crippen LogP contribution in [-0.4, -0.2) is 18.5 Å². The van der Waals surface area contributed by atoms with Crippen molar-refractivity contribution in [3.8, 4) is 0 Å². The largest absolute Gasteiger partial charge is 0.355 e. The first-order valence-electron chi connectivity index (χ1n) is 6.59. The zero-order chi connectivity index (χ0) is 14.5. The topological polar surface area (TPSA) is 55.1 Å². The summed E-state index contributed by atoms with van der Waals surface area (Å²) in [5, 5.41) is 3.69. The van der Waals surface area contributed by atoms with Crippen LogP contribution in [0.1, 0.15) is 39.2 Å². The number of hydrogen-bond donors (Lipinski definition) is 2. The van der Waals surface area contributed by atoms with Gasteiger partial charge in [-0.25, -0.2) is 0 Å². The molecule has 20 heavy (non-hydrogen) atoms. The van der Waals surface area contributed by atoms with Gasteiger partial charge in [0.1, 0.15) is 0 Å². The van der Waals surface area contributed by atoms with Crippen LogP contribution in [0.15, 0.2) is 24.3 Å². The maximum absolute atomic E-state index is 11.7. The molecule has 0 spiro atoms. The highest BCUT2D eigenvalue weighted by Gasteiger charge is 2.21. The van der Waals surface area contributed by atoms with Crippen LogP contribution in [0.4, 0.5) is 0 Å². The third-order valence-corrected chi connectivity index (χ3v) is 3.43. The molecule has 1 unspecified atom stereocenters. The number of rotatable bonds is 6. The van der Waals surface area contributed by atoms with Crippen LogP contribution in [0, 0.1) is 0 Å². The Balaban J connectivity index is 0.00000361. The summed E-state index contributed by atoms with van der Waals surface area (Å²) in [5.41, 5.74) is 6.68. The van der Waals surface area contributed by atoms with Crippen molar-refractivity contribution in [3.63, 3.8) is 0 Å². The van der Waals surface area contributed by atoms with Crippen molar-refractivity contribution in [2.24, 2.45) is 5.73 Å². The number of carbonyl (C=O) groups excluding carboxylic acids is 1. The highest BCUT2D eigenvalue weighted by atomic mass is 35.5. The molecule has 0 saturated carbocycles. The average Bonchev–Trinajstić information content (AvgIpc) is 2.34. The maximum Gasteiger partial charge on any atom is 0.220 e. The molecule has 0 bridgehead atoms. The van der Waals surface area contributed by atoms with Gasteiger partial charge < -0.3 is 11.1 Å². The number of nitrogens with two attached hydrogens (primary N) is 1. The summed E-state index contributed by atoms with van der Waals surface area (Å²) in [6, 6.07) is 7.80. The van der Waals surface area contributed by atoms with Gasteiger partial charge in [-0.3, -0.25) is 4.79 Å². The van der Waals surface area contributed by atoms with Gasteiger partial charge in [-0.2, -0.15) is 0 Å². The maximum atomic E-state index is 11.7. The van der Waals surface area contributed by atoms with Gasteiger partial charge in [0.05, 0.1) is 0 Å². The molecule has 0 aliphatic heterocycles. The number of halogens is 2. The summed E-state index contributed by atoms with van der Waals surface area (Å²) in [6.07, 6.45) is 1.20. The number of carbonyl (C=O) groups is 1. The third-order valence-electron chi connectivity index (χ3n) is 3.18. The smallest absolute Gasteiger partial charge is 0.220 e. The second-order valence-corrected chi connectivity index (χ2v) is 6.12. The molecule has 0 radical (unpaired) electrons. The normalized spacial score (nSPS) is 12.4. The van der Waals surface area contributed by atoms with Crippen LogP contribution in [0.5, 0.6) is 0 Å². The minimum atomic E-state index is -0.116. The van der Waals surface area contributed by atoms with Crippen LogP contribution in [0.25, 0.3) is 0 Å². The Bertz CT molecular complexity index is 416. The molecule has 0 aromatic heterocycles. The highest BCUT2D eigenvalue weighted by Crippen LogP contribution is 2.23. The fourth-order valence-corrected chi connectivity index (χ4v) is 1.90. The molecule has 1 aromatic carbocycles. The van der Waals surface area contributed by atoms with Crippen molar-refractivity contribution in [1.82, 2.24) is 5.32 Å². The first-order chi connectivity index (χ1) is 8.81. The molecular weight excluding hydrogens is 295 g/mol. The van der Waals surface area contributed by atoms with Crippen molar-refractivity contribution in [2.75, 3.05) is 6.54 Å². The molecule has 0 saturated heterocycles. The van der Waals surface area contributed by atoms with Gasteiger partial charge in [-0.1, -0.05) is 37.6 Å². The number of amides is 1. The van der Waals surface area contributed by atoms with E-state index in [4.69, 9.17) is 17.3 Å². The molecule has 114 valence electrons. The Labute approximate surface area is 132 Å². The van der Waals surface area contributed by atoms with E-state index < -0.39 is 0 Å². The van der Waals surface area contributed by atoms with Gasteiger partial charge in [0, 0.05) is 29.4 Å². The van der Waals surface area contributed by atoms with E-state index in [0.29, 0.717) is 19.4 Å². The monoisotopic (exact) mass is 318 g/mol. The molecule has 1 rings (SSSR count). The second-order valence-electron chi connectivity index (χ2n) is 5.68. The van der Waals surface area contributed by atoms with Crippen LogP contribution in [0.2, 0.25) is 5.02 Å². The van der Waals surface area contributed by atoms with Gasteiger partial charge >= 0.3 is 0 Å². The Hall–Kier alpha value is -0.770. The highest BCUT2D eigenvalue weighted by molar-refractivity contribution is 6.30. The van der Waals surface area contributed by atoms with E-state index in [-0.39, 0.29) is 29.8 Å². The summed E-state index contributed by atoms with van der Waals surface area (Å²) in [7, 11) is 0. The average molecular weight is 319 g/mol. The minimum Gasteiger partial charge on any atom is -0.355 e. The molecule has 0 aliphatic carbocycles. The predicted molar refractivity (Wildman–Crippen MR) is 87.6 cm³/mol. The minimum absolute atomic E-state index is 0. The first-order valence-corrected chi connectivity index (χ1v) is 6.97. The zero-order valence-electron chi connectivity index (χ0n) is 12.3. The fourth-order valence-electron chi connectivity index (χ4n) is 1.77. The van der Waals surface area contributed by atoms with Crippen LogP contribution in [-0.2, 0) is 10.2 Å². The molecule has 0 fully saturated rings. The van der Waals surface area contributed by atoms with Crippen molar-refractivity contribution < 1.29 is 4.79 Å². The molecule has 1 atom stereocenters. The lowest BCUT2D eigenvalue weighted by molar-refractivity contribution is -0.121. The van der Waals surface area contributed by atoms with E-state index in [0.717, 1.165) is 10.6 Å². The molecular formula is C15H24Cl2N2O. The van der Waals surface area contributed by atoms with Crippen LogP contribution in [0.3, 0.4) is 0 Å². The summed E-state index contributed by atoms with van der Waals surface area (Å²) in [4.78, 5) is 11.7. The summed E-state index contributed by atoms with van der Waals surface area (Å²) in [6.45, 7) is 6.71. The molecule has 0 heterocycles. The van der Waals surface area contributed by atoms with Gasteiger partial charge in [-0.15, -0.1) is 12.4 Å². The predicted octanol–water partition coefficient (Wildman–Crippen LogP) is 3.28. The van der Waals surface area contributed by atoms with Crippen molar-refractivity contribution in [1.29, 1.82) is 0 Å². The lowest BCUT2D eigenvalue weighted by atomic mass is 9.84. The van der Waals surface area contributed by atoms with E-state index in [1.54, 1.807) is 0 Å². The molecule has 3 nitrogen and oxygen atoms in total. The zero-order valence-corrected chi connectivity index (χ0v) is 13.9. The number of nitrogens with one attached hydrogen (secondary N) is 1. The molecule has 5 heteroatoms. The van der Waals surface area contributed by atoms with E-state index in [2.05, 4.69) is 19.2 Å². The van der Waals surface area contributed by atoms with Gasteiger partial charge in [0.15, 0.2) is 0 Å². The van der Waals surface area contributed by atoms with Gasteiger partial charge in [0.25, 0.3) is 0 Å². The summed E-state index contributed by atoms with van der Waals surface area (Å²) >= 11 is 5.88.